The highest BCUT2D eigenvalue weighted by atomic mass is 35.5. The number of benzene rings is 1. The first-order valence-corrected chi connectivity index (χ1v) is 10.9. The zero-order chi connectivity index (χ0) is 24.7. The molecule has 180 valence electrons. The number of anilines is 1. The molecule has 2 aliphatic heterocycles. The fraction of sp³-hybridized carbons (Fsp3) is 0.364. The third-order valence-corrected chi connectivity index (χ3v) is 6.36. The predicted octanol–water partition coefficient (Wildman–Crippen LogP) is 3.47. The van der Waals surface area contributed by atoms with Crippen LogP contribution < -0.4 is 15.6 Å². The van der Waals surface area contributed by atoms with Crippen LogP contribution in [-0.2, 0) is 21.3 Å². The van der Waals surface area contributed by atoms with E-state index in [0.29, 0.717) is 36.5 Å². The third kappa shape index (κ3) is 4.39. The first-order chi connectivity index (χ1) is 16.0. The highest BCUT2D eigenvalue weighted by Gasteiger charge is 2.50. The van der Waals surface area contributed by atoms with E-state index in [1.165, 1.54) is 0 Å². The number of carbonyl (C=O) groups excluding carboxylic acids is 3. The molecule has 0 saturated carbocycles. The molecule has 4 amide bonds. The second-order valence-electron chi connectivity index (χ2n) is 8.33. The molecular formula is C22H21ClF3N5O3. The number of alkyl halides is 3. The van der Waals surface area contributed by atoms with Gasteiger partial charge in [0.25, 0.3) is 5.91 Å². The predicted molar refractivity (Wildman–Crippen MR) is 117 cm³/mol. The fourth-order valence-electron chi connectivity index (χ4n) is 4.08. The maximum atomic E-state index is 12.9. The van der Waals surface area contributed by atoms with Crippen LogP contribution in [-0.4, -0.2) is 40.9 Å². The van der Waals surface area contributed by atoms with Gasteiger partial charge in [0.1, 0.15) is 11.4 Å². The lowest BCUT2D eigenvalue weighted by Crippen LogP contribution is -2.51. The maximum Gasteiger partial charge on any atom is 0.417 e. The van der Waals surface area contributed by atoms with Crippen LogP contribution >= 0.6 is 11.6 Å². The van der Waals surface area contributed by atoms with E-state index >= 15 is 0 Å². The Morgan fingerprint density at radius 2 is 1.85 bits per heavy atom. The number of hydrazine groups is 1. The van der Waals surface area contributed by atoms with Gasteiger partial charge in [-0.1, -0.05) is 41.9 Å². The van der Waals surface area contributed by atoms with Gasteiger partial charge in [-0.05, 0) is 31.4 Å². The van der Waals surface area contributed by atoms with Gasteiger partial charge in [0.05, 0.1) is 10.6 Å². The number of aromatic nitrogens is 1. The minimum Gasteiger partial charge on any atom is -0.355 e. The number of amides is 4. The van der Waals surface area contributed by atoms with E-state index in [9.17, 15) is 27.6 Å². The summed E-state index contributed by atoms with van der Waals surface area (Å²) in [4.78, 5) is 43.7. The smallest absolute Gasteiger partial charge is 0.355 e. The van der Waals surface area contributed by atoms with Crippen molar-refractivity contribution >= 4 is 35.3 Å². The molecular weight excluding hydrogens is 475 g/mol. The number of imide groups is 1. The first-order valence-electron chi connectivity index (χ1n) is 10.5. The summed E-state index contributed by atoms with van der Waals surface area (Å²) < 4.78 is 38.5. The Balaban J connectivity index is 1.38. The topological polar surface area (TPSA) is 94.6 Å². The van der Waals surface area contributed by atoms with Crippen LogP contribution in [0.4, 0.5) is 23.8 Å². The van der Waals surface area contributed by atoms with Crippen molar-refractivity contribution in [2.45, 2.75) is 31.5 Å². The molecule has 0 aliphatic carbocycles. The van der Waals surface area contributed by atoms with Crippen LogP contribution in [0.5, 0.6) is 0 Å². The van der Waals surface area contributed by atoms with Crippen LogP contribution in [0.1, 0.15) is 30.9 Å². The summed E-state index contributed by atoms with van der Waals surface area (Å²) in [7, 11) is 0. The SMILES string of the molecule is CC1(c2ccccc2)NC(=O)N(NC(=O)C2CCN(c3ncc(C(F)(F)F)cc3Cl)CC2)C1=O. The number of nitrogens with one attached hydrogen (secondary N) is 2. The van der Waals surface area contributed by atoms with E-state index in [1.54, 1.807) is 42.2 Å². The summed E-state index contributed by atoms with van der Waals surface area (Å²) in [6.07, 6.45) is -3.15. The summed E-state index contributed by atoms with van der Waals surface area (Å²) in [6, 6.07) is 8.78. The lowest BCUT2D eigenvalue weighted by atomic mass is 9.92. The van der Waals surface area contributed by atoms with E-state index in [-0.39, 0.29) is 10.8 Å². The highest BCUT2D eigenvalue weighted by molar-refractivity contribution is 6.33. The molecule has 1 unspecified atom stereocenters. The molecule has 34 heavy (non-hydrogen) atoms. The number of rotatable bonds is 4. The molecule has 1 aromatic carbocycles. The summed E-state index contributed by atoms with van der Waals surface area (Å²) in [5.41, 5.74) is 0.750. The number of carbonyl (C=O) groups is 3. The van der Waals surface area contributed by atoms with E-state index in [4.69, 9.17) is 11.6 Å². The van der Waals surface area contributed by atoms with Gasteiger partial charge in [0.2, 0.25) is 5.91 Å². The second-order valence-corrected chi connectivity index (χ2v) is 8.73. The van der Waals surface area contributed by atoms with Crippen molar-refractivity contribution in [1.82, 2.24) is 20.7 Å². The van der Waals surface area contributed by atoms with Crippen LogP contribution in [0.3, 0.4) is 0 Å². The van der Waals surface area contributed by atoms with Crippen molar-refractivity contribution in [3.8, 4) is 0 Å². The molecule has 1 aromatic heterocycles. The molecule has 12 heteroatoms. The summed E-state index contributed by atoms with van der Waals surface area (Å²) >= 11 is 6.02. The molecule has 2 N–H and O–H groups in total. The average Bonchev–Trinajstić information content (AvgIpc) is 3.03. The minimum atomic E-state index is -4.55. The molecule has 0 radical (unpaired) electrons. The average molecular weight is 496 g/mol. The normalized spacial score (nSPS) is 21.6. The molecule has 8 nitrogen and oxygen atoms in total. The molecule has 3 heterocycles. The lowest BCUT2D eigenvalue weighted by molar-refractivity contribution is -0.140. The molecule has 0 spiro atoms. The van der Waals surface area contributed by atoms with E-state index < -0.39 is 41.0 Å². The first kappa shape index (κ1) is 23.8. The van der Waals surface area contributed by atoms with Crippen LogP contribution in [0.15, 0.2) is 42.6 Å². The Hall–Kier alpha value is -3.34. The number of hydrogen-bond donors (Lipinski definition) is 2. The Labute approximate surface area is 198 Å². The van der Waals surface area contributed by atoms with Crippen molar-refractivity contribution in [2.24, 2.45) is 5.92 Å². The quantitative estimate of drug-likeness (QED) is 0.633. The Morgan fingerprint density at radius 3 is 2.44 bits per heavy atom. The van der Waals surface area contributed by atoms with Crippen LogP contribution in [0.2, 0.25) is 5.02 Å². The summed E-state index contributed by atoms with van der Waals surface area (Å²) in [5.74, 6) is -1.39. The number of hydrogen-bond acceptors (Lipinski definition) is 5. The summed E-state index contributed by atoms with van der Waals surface area (Å²) in [5, 5.41) is 3.18. The molecule has 1 atom stereocenters. The number of pyridine rings is 1. The zero-order valence-corrected chi connectivity index (χ0v) is 18.8. The highest BCUT2D eigenvalue weighted by Crippen LogP contribution is 2.35. The second kappa shape index (κ2) is 8.79. The van der Waals surface area contributed by atoms with Gasteiger partial charge >= 0.3 is 12.2 Å². The van der Waals surface area contributed by atoms with Gasteiger partial charge in [0, 0.05) is 25.2 Å². The standard InChI is InChI=1S/C22H21ClF3N5O3/c1-21(14-5-3-2-4-6-14)19(33)31(20(34)28-21)29-18(32)13-7-9-30(10-8-13)17-16(23)11-15(12-27-17)22(24,25)26/h2-6,11-13H,7-10H2,1H3,(H,28,34)(H,29,32). The molecule has 2 saturated heterocycles. The Morgan fingerprint density at radius 1 is 1.21 bits per heavy atom. The van der Waals surface area contributed by atoms with Gasteiger partial charge in [-0.25, -0.2) is 9.78 Å². The van der Waals surface area contributed by atoms with Gasteiger partial charge in [-0.15, -0.1) is 0 Å². The van der Waals surface area contributed by atoms with Crippen molar-refractivity contribution in [2.75, 3.05) is 18.0 Å². The maximum absolute atomic E-state index is 12.9. The van der Waals surface area contributed by atoms with Crippen LogP contribution in [0, 0.1) is 5.92 Å². The van der Waals surface area contributed by atoms with Gasteiger partial charge in [0.15, 0.2) is 0 Å². The van der Waals surface area contributed by atoms with E-state index in [1.807, 2.05) is 0 Å². The monoisotopic (exact) mass is 495 g/mol. The Bertz CT molecular complexity index is 1120. The van der Waals surface area contributed by atoms with Crippen molar-refractivity contribution in [1.29, 1.82) is 0 Å². The largest absolute Gasteiger partial charge is 0.417 e. The molecule has 2 aliphatic rings. The van der Waals surface area contributed by atoms with Gasteiger partial charge in [-0.3, -0.25) is 15.0 Å². The Kier molecular flexibility index (Phi) is 6.15. The van der Waals surface area contributed by atoms with Crippen molar-refractivity contribution in [3.63, 3.8) is 0 Å². The zero-order valence-electron chi connectivity index (χ0n) is 18.0. The summed E-state index contributed by atoms with van der Waals surface area (Å²) in [6.45, 7) is 2.20. The van der Waals surface area contributed by atoms with E-state index in [0.717, 1.165) is 12.3 Å². The minimum absolute atomic E-state index is 0.128. The van der Waals surface area contributed by atoms with Crippen LogP contribution in [0.25, 0.3) is 0 Å². The molecule has 2 aromatic rings. The van der Waals surface area contributed by atoms with Gasteiger partial charge in [-0.2, -0.15) is 18.2 Å². The van der Waals surface area contributed by atoms with Crippen molar-refractivity contribution in [3.05, 3.63) is 58.7 Å². The number of halogens is 4. The lowest BCUT2D eigenvalue weighted by Gasteiger charge is -2.33. The molecule has 2 fully saturated rings. The van der Waals surface area contributed by atoms with Crippen molar-refractivity contribution < 1.29 is 27.6 Å². The molecule has 4 rings (SSSR count). The number of piperidine rings is 1. The fourth-order valence-corrected chi connectivity index (χ4v) is 4.37. The molecule has 0 bridgehead atoms. The number of urea groups is 1. The number of nitrogens with zero attached hydrogens (tertiary/aromatic N) is 3. The van der Waals surface area contributed by atoms with E-state index in [2.05, 4.69) is 15.7 Å². The third-order valence-electron chi connectivity index (χ3n) is 6.08. The van der Waals surface area contributed by atoms with Gasteiger partial charge < -0.3 is 10.2 Å².